The molecule has 2 aromatic rings. The van der Waals surface area contributed by atoms with Crippen molar-refractivity contribution < 1.29 is 0 Å². The zero-order chi connectivity index (χ0) is 12.4. The van der Waals surface area contributed by atoms with Crippen LogP contribution in [0.4, 0.5) is 0 Å². The Morgan fingerprint density at radius 2 is 1.47 bits per heavy atom. The van der Waals surface area contributed by atoms with Gasteiger partial charge in [-0.2, -0.15) is 0 Å². The van der Waals surface area contributed by atoms with Crippen LogP contribution in [0.1, 0.15) is 25.3 Å². The molecule has 2 rings (SSSR count). The van der Waals surface area contributed by atoms with E-state index in [1.807, 2.05) is 12.1 Å². The number of aromatic nitrogens is 2. The Morgan fingerprint density at radius 1 is 0.941 bits per heavy atom. The van der Waals surface area contributed by atoms with E-state index in [4.69, 9.17) is 23.2 Å². The van der Waals surface area contributed by atoms with E-state index in [1.54, 1.807) is 0 Å². The number of halogens is 2. The van der Waals surface area contributed by atoms with Gasteiger partial charge in [-0.1, -0.05) is 61.3 Å². The minimum Gasteiger partial charge on any atom is -0.224 e. The number of hydrogen-bond donors (Lipinski definition) is 0. The third-order valence-corrected chi connectivity index (χ3v) is 3.19. The highest BCUT2D eigenvalue weighted by Gasteiger charge is 2.10. The molecule has 0 bridgehead atoms. The predicted octanol–water partition coefficient (Wildman–Crippen LogP) is 4.57. The van der Waals surface area contributed by atoms with E-state index in [0.29, 0.717) is 21.8 Å². The van der Waals surface area contributed by atoms with E-state index < -0.39 is 0 Å². The summed E-state index contributed by atoms with van der Waals surface area (Å²) >= 11 is 12.1. The van der Waals surface area contributed by atoms with Crippen molar-refractivity contribution in [2.75, 3.05) is 0 Å². The second kappa shape index (κ2) is 5.03. The standard InChI is InChI=1S/C13H12Cl2N2/c1-8(2)9-3-5-10(6-4-9)11-12(14)16-7-17-13(11)15/h3-8H,1-2H3. The maximum absolute atomic E-state index is 6.03. The van der Waals surface area contributed by atoms with Gasteiger partial charge >= 0.3 is 0 Å². The first-order valence-electron chi connectivity index (χ1n) is 5.36. The van der Waals surface area contributed by atoms with Crippen molar-refractivity contribution in [3.8, 4) is 11.1 Å². The van der Waals surface area contributed by atoms with Crippen LogP contribution >= 0.6 is 23.2 Å². The molecule has 0 fully saturated rings. The van der Waals surface area contributed by atoms with Gasteiger partial charge in [0.2, 0.25) is 0 Å². The summed E-state index contributed by atoms with van der Waals surface area (Å²) in [5.74, 6) is 0.502. The van der Waals surface area contributed by atoms with Crippen LogP contribution in [0.3, 0.4) is 0 Å². The third kappa shape index (κ3) is 2.59. The monoisotopic (exact) mass is 266 g/mol. The smallest absolute Gasteiger partial charge is 0.141 e. The molecule has 0 spiro atoms. The molecule has 1 aromatic heterocycles. The first-order chi connectivity index (χ1) is 8.09. The van der Waals surface area contributed by atoms with Crippen LogP contribution in [0.25, 0.3) is 11.1 Å². The first-order valence-corrected chi connectivity index (χ1v) is 6.11. The molecule has 4 heteroatoms. The Bertz CT molecular complexity index is 501. The van der Waals surface area contributed by atoms with E-state index in [1.165, 1.54) is 11.9 Å². The zero-order valence-electron chi connectivity index (χ0n) is 9.61. The first kappa shape index (κ1) is 12.3. The van der Waals surface area contributed by atoms with E-state index in [2.05, 4.69) is 35.9 Å². The Hall–Kier alpha value is -1.12. The Morgan fingerprint density at radius 3 is 1.94 bits per heavy atom. The van der Waals surface area contributed by atoms with Crippen molar-refractivity contribution in [3.05, 3.63) is 46.5 Å². The molecule has 0 aliphatic rings. The molecule has 88 valence electrons. The Labute approximate surface area is 111 Å². The highest BCUT2D eigenvalue weighted by Crippen LogP contribution is 2.32. The molecule has 0 saturated carbocycles. The van der Waals surface area contributed by atoms with Crippen LogP contribution in [0.2, 0.25) is 10.3 Å². The molecule has 0 atom stereocenters. The molecular weight excluding hydrogens is 255 g/mol. The van der Waals surface area contributed by atoms with Gasteiger partial charge in [0.1, 0.15) is 16.6 Å². The number of rotatable bonds is 2. The van der Waals surface area contributed by atoms with E-state index in [-0.39, 0.29) is 0 Å². The molecule has 0 unspecified atom stereocenters. The fourth-order valence-corrected chi connectivity index (χ4v) is 2.15. The SMILES string of the molecule is CC(C)c1ccc(-c2c(Cl)ncnc2Cl)cc1. The zero-order valence-corrected chi connectivity index (χ0v) is 11.1. The maximum Gasteiger partial charge on any atom is 0.141 e. The van der Waals surface area contributed by atoms with Gasteiger partial charge in [0.05, 0.1) is 5.56 Å². The van der Waals surface area contributed by atoms with Crippen LogP contribution < -0.4 is 0 Å². The van der Waals surface area contributed by atoms with Gasteiger partial charge in [-0.3, -0.25) is 0 Å². The number of benzene rings is 1. The summed E-state index contributed by atoms with van der Waals surface area (Å²) in [5.41, 5.74) is 2.90. The Balaban J connectivity index is 2.47. The maximum atomic E-state index is 6.03. The van der Waals surface area contributed by atoms with Crippen LogP contribution in [0.5, 0.6) is 0 Å². The van der Waals surface area contributed by atoms with Gasteiger partial charge in [-0.05, 0) is 17.0 Å². The highest BCUT2D eigenvalue weighted by atomic mass is 35.5. The van der Waals surface area contributed by atoms with Crippen LogP contribution in [0, 0.1) is 0 Å². The molecule has 0 aliphatic heterocycles. The van der Waals surface area contributed by atoms with Crippen molar-refractivity contribution in [1.82, 2.24) is 9.97 Å². The molecule has 17 heavy (non-hydrogen) atoms. The fraction of sp³-hybridized carbons (Fsp3) is 0.231. The molecule has 1 heterocycles. The quantitative estimate of drug-likeness (QED) is 0.744. The average Bonchev–Trinajstić information content (AvgIpc) is 2.29. The van der Waals surface area contributed by atoms with E-state index >= 15 is 0 Å². The summed E-state index contributed by atoms with van der Waals surface area (Å²) in [5, 5.41) is 0.754. The van der Waals surface area contributed by atoms with Crippen LogP contribution in [-0.4, -0.2) is 9.97 Å². The summed E-state index contributed by atoms with van der Waals surface area (Å²) in [6.07, 6.45) is 1.36. The number of hydrogen-bond acceptors (Lipinski definition) is 2. The fourth-order valence-electron chi connectivity index (χ4n) is 1.62. The van der Waals surface area contributed by atoms with Crippen molar-refractivity contribution in [3.63, 3.8) is 0 Å². The lowest BCUT2D eigenvalue weighted by Gasteiger charge is -2.08. The predicted molar refractivity (Wildman–Crippen MR) is 71.6 cm³/mol. The molecule has 0 N–H and O–H groups in total. The normalized spacial score (nSPS) is 10.9. The van der Waals surface area contributed by atoms with E-state index in [0.717, 1.165) is 5.56 Å². The average molecular weight is 267 g/mol. The molecule has 0 amide bonds. The van der Waals surface area contributed by atoms with Gasteiger partial charge in [-0.15, -0.1) is 0 Å². The molecule has 1 aromatic carbocycles. The largest absolute Gasteiger partial charge is 0.224 e. The minimum atomic E-state index is 0.377. The van der Waals surface area contributed by atoms with Crippen molar-refractivity contribution >= 4 is 23.2 Å². The lowest BCUT2D eigenvalue weighted by atomic mass is 10.00. The molecule has 2 nitrogen and oxygen atoms in total. The Kier molecular flexibility index (Phi) is 3.65. The lowest BCUT2D eigenvalue weighted by Crippen LogP contribution is -1.90. The molecular formula is C13H12Cl2N2. The lowest BCUT2D eigenvalue weighted by molar-refractivity contribution is 0.867. The van der Waals surface area contributed by atoms with Gasteiger partial charge in [0.25, 0.3) is 0 Å². The summed E-state index contributed by atoms with van der Waals surface area (Å²) in [4.78, 5) is 7.89. The van der Waals surface area contributed by atoms with Gasteiger partial charge in [0, 0.05) is 0 Å². The third-order valence-electron chi connectivity index (χ3n) is 2.62. The summed E-state index contributed by atoms with van der Waals surface area (Å²) in [7, 11) is 0. The number of nitrogens with zero attached hydrogens (tertiary/aromatic N) is 2. The second-order valence-electron chi connectivity index (χ2n) is 4.11. The van der Waals surface area contributed by atoms with Gasteiger partial charge in [0.15, 0.2) is 0 Å². The summed E-state index contributed by atoms with van der Waals surface area (Å²) < 4.78 is 0. The van der Waals surface area contributed by atoms with E-state index in [9.17, 15) is 0 Å². The topological polar surface area (TPSA) is 25.8 Å². The summed E-state index contributed by atoms with van der Waals surface area (Å²) in [6, 6.07) is 8.12. The summed E-state index contributed by atoms with van der Waals surface area (Å²) in [6.45, 7) is 4.31. The second-order valence-corrected chi connectivity index (χ2v) is 4.82. The van der Waals surface area contributed by atoms with Crippen LogP contribution in [0.15, 0.2) is 30.6 Å². The highest BCUT2D eigenvalue weighted by molar-refractivity contribution is 6.37. The van der Waals surface area contributed by atoms with Crippen LogP contribution in [-0.2, 0) is 0 Å². The molecule has 0 aliphatic carbocycles. The van der Waals surface area contributed by atoms with Gasteiger partial charge < -0.3 is 0 Å². The van der Waals surface area contributed by atoms with Crippen molar-refractivity contribution in [2.24, 2.45) is 0 Å². The molecule has 0 radical (unpaired) electrons. The molecule has 0 saturated heterocycles. The van der Waals surface area contributed by atoms with Crippen molar-refractivity contribution in [1.29, 1.82) is 0 Å². The minimum absolute atomic E-state index is 0.377. The van der Waals surface area contributed by atoms with Gasteiger partial charge in [-0.25, -0.2) is 9.97 Å². The van der Waals surface area contributed by atoms with Crippen molar-refractivity contribution in [2.45, 2.75) is 19.8 Å².